The number of ether oxygens (including phenoxy) is 1. The fourth-order valence-corrected chi connectivity index (χ4v) is 2.38. The normalized spacial score (nSPS) is 13.7. The molecular weight excluding hydrogens is 298 g/mol. The van der Waals surface area contributed by atoms with E-state index < -0.39 is 4.92 Å². The number of rotatable bonds is 8. The standard InChI is InChI=1S/C16H17N3O4/c20-16(11-3-4-11)12-5-6-15(14(8-12)19(21)22)23-7-1-2-13-9-17-10-18-13/h5-6,8-11H,1-4,7H2,(H,17,18). The van der Waals surface area contributed by atoms with Crippen molar-refractivity contribution in [2.45, 2.75) is 25.7 Å². The number of Topliss-reactive ketones (excluding diaryl/α,β-unsaturated/α-hetero) is 1. The first-order valence-electron chi connectivity index (χ1n) is 7.58. The van der Waals surface area contributed by atoms with Gasteiger partial charge in [0.25, 0.3) is 0 Å². The molecule has 1 aromatic heterocycles. The van der Waals surface area contributed by atoms with Gasteiger partial charge in [0.1, 0.15) is 0 Å². The van der Waals surface area contributed by atoms with Crippen molar-refractivity contribution in [2.24, 2.45) is 5.92 Å². The van der Waals surface area contributed by atoms with Crippen LogP contribution in [0, 0.1) is 16.0 Å². The van der Waals surface area contributed by atoms with Gasteiger partial charge >= 0.3 is 5.69 Å². The second-order valence-electron chi connectivity index (χ2n) is 5.61. The van der Waals surface area contributed by atoms with Crippen molar-refractivity contribution in [3.63, 3.8) is 0 Å². The van der Waals surface area contributed by atoms with E-state index in [4.69, 9.17) is 4.74 Å². The predicted octanol–water partition coefficient (Wildman–Crippen LogP) is 2.92. The maximum absolute atomic E-state index is 12.0. The quantitative estimate of drug-likeness (QED) is 0.349. The minimum absolute atomic E-state index is 0.0149. The molecule has 3 rings (SSSR count). The highest BCUT2D eigenvalue weighted by Gasteiger charge is 2.31. The van der Waals surface area contributed by atoms with Crippen LogP contribution in [0.5, 0.6) is 5.75 Å². The molecule has 7 heteroatoms. The Morgan fingerprint density at radius 2 is 2.26 bits per heavy atom. The Labute approximate surface area is 132 Å². The van der Waals surface area contributed by atoms with Crippen LogP contribution in [-0.4, -0.2) is 27.3 Å². The zero-order chi connectivity index (χ0) is 16.2. The first-order valence-corrected chi connectivity index (χ1v) is 7.58. The number of hydrogen-bond donors (Lipinski definition) is 1. The molecule has 0 aliphatic heterocycles. The summed E-state index contributed by atoms with van der Waals surface area (Å²) >= 11 is 0. The topological polar surface area (TPSA) is 98.1 Å². The molecule has 2 aromatic rings. The van der Waals surface area contributed by atoms with Crippen molar-refractivity contribution >= 4 is 11.5 Å². The Hall–Kier alpha value is -2.70. The number of nitrogens with zero attached hydrogens (tertiary/aromatic N) is 2. The molecule has 0 radical (unpaired) electrons. The molecule has 1 heterocycles. The van der Waals surface area contributed by atoms with Crippen molar-refractivity contribution in [1.82, 2.24) is 9.97 Å². The summed E-state index contributed by atoms with van der Waals surface area (Å²) in [5, 5.41) is 11.2. The lowest BCUT2D eigenvalue weighted by Gasteiger charge is -2.07. The van der Waals surface area contributed by atoms with Gasteiger partial charge in [-0.1, -0.05) is 0 Å². The van der Waals surface area contributed by atoms with Gasteiger partial charge in [0.15, 0.2) is 11.5 Å². The summed E-state index contributed by atoms with van der Waals surface area (Å²) in [5.41, 5.74) is 1.23. The van der Waals surface area contributed by atoms with E-state index in [0.717, 1.165) is 25.0 Å². The number of nitro benzene ring substituents is 1. The highest BCUT2D eigenvalue weighted by molar-refractivity contribution is 6.00. The fourth-order valence-electron chi connectivity index (χ4n) is 2.38. The van der Waals surface area contributed by atoms with Crippen LogP contribution in [0.2, 0.25) is 0 Å². The van der Waals surface area contributed by atoms with Crippen molar-refractivity contribution in [2.75, 3.05) is 6.61 Å². The number of nitrogens with one attached hydrogen (secondary N) is 1. The van der Waals surface area contributed by atoms with Gasteiger partial charge in [-0.15, -0.1) is 0 Å². The van der Waals surface area contributed by atoms with Crippen LogP contribution < -0.4 is 4.74 Å². The third-order valence-corrected chi connectivity index (χ3v) is 3.79. The van der Waals surface area contributed by atoms with Crippen LogP contribution in [0.4, 0.5) is 5.69 Å². The molecule has 1 aromatic carbocycles. The number of carbonyl (C=O) groups is 1. The van der Waals surface area contributed by atoms with Crippen LogP contribution in [0.3, 0.4) is 0 Å². The lowest BCUT2D eigenvalue weighted by atomic mass is 10.1. The largest absolute Gasteiger partial charge is 0.487 e. The third kappa shape index (κ3) is 3.74. The number of benzene rings is 1. The highest BCUT2D eigenvalue weighted by atomic mass is 16.6. The van der Waals surface area contributed by atoms with E-state index in [1.165, 1.54) is 12.1 Å². The van der Waals surface area contributed by atoms with Gasteiger partial charge in [0.2, 0.25) is 0 Å². The molecule has 0 bridgehead atoms. The molecule has 0 amide bonds. The molecule has 0 spiro atoms. The van der Waals surface area contributed by atoms with Crippen LogP contribution >= 0.6 is 0 Å². The number of aromatic nitrogens is 2. The average molecular weight is 315 g/mol. The second kappa shape index (κ2) is 6.60. The molecule has 23 heavy (non-hydrogen) atoms. The van der Waals surface area contributed by atoms with Gasteiger partial charge in [-0.2, -0.15) is 0 Å². The average Bonchev–Trinajstić information content (AvgIpc) is 3.27. The monoisotopic (exact) mass is 315 g/mol. The summed E-state index contributed by atoms with van der Waals surface area (Å²) in [6.45, 7) is 0.357. The zero-order valence-electron chi connectivity index (χ0n) is 12.5. The Balaban J connectivity index is 1.63. The van der Waals surface area contributed by atoms with Gasteiger partial charge < -0.3 is 9.72 Å². The summed E-state index contributed by atoms with van der Waals surface area (Å²) < 4.78 is 5.52. The number of H-pyrrole nitrogens is 1. The van der Waals surface area contributed by atoms with E-state index in [2.05, 4.69) is 9.97 Å². The van der Waals surface area contributed by atoms with E-state index in [1.807, 2.05) is 0 Å². The number of aryl methyl sites for hydroxylation is 1. The lowest BCUT2D eigenvalue weighted by molar-refractivity contribution is -0.385. The van der Waals surface area contributed by atoms with E-state index in [9.17, 15) is 14.9 Å². The number of imidazole rings is 1. The first-order chi connectivity index (χ1) is 11.1. The number of nitro groups is 1. The van der Waals surface area contributed by atoms with E-state index in [0.29, 0.717) is 18.6 Å². The minimum atomic E-state index is -0.506. The van der Waals surface area contributed by atoms with Gasteiger partial charge in [-0.25, -0.2) is 4.98 Å². The summed E-state index contributed by atoms with van der Waals surface area (Å²) in [4.78, 5) is 29.6. The van der Waals surface area contributed by atoms with Crippen molar-refractivity contribution in [3.05, 3.63) is 52.1 Å². The molecule has 0 atom stereocenters. The molecule has 1 saturated carbocycles. The predicted molar refractivity (Wildman–Crippen MR) is 82.6 cm³/mol. The molecule has 1 fully saturated rings. The Morgan fingerprint density at radius 3 is 2.91 bits per heavy atom. The van der Waals surface area contributed by atoms with Gasteiger partial charge in [-0.05, 0) is 37.8 Å². The SMILES string of the molecule is O=C(c1ccc(OCCCc2cnc[nH]2)c([N+](=O)[O-])c1)C1CC1. The summed E-state index contributed by atoms with van der Waals surface area (Å²) in [5.74, 6) is 0.224. The molecule has 0 unspecified atom stereocenters. The molecular formula is C16H17N3O4. The van der Waals surface area contributed by atoms with Crippen molar-refractivity contribution < 1.29 is 14.5 Å². The Morgan fingerprint density at radius 1 is 1.43 bits per heavy atom. The Bertz CT molecular complexity index is 708. The molecule has 7 nitrogen and oxygen atoms in total. The molecule has 120 valence electrons. The smallest absolute Gasteiger partial charge is 0.311 e. The minimum Gasteiger partial charge on any atom is -0.487 e. The number of aromatic amines is 1. The lowest BCUT2D eigenvalue weighted by Crippen LogP contribution is -2.05. The molecule has 1 N–H and O–H groups in total. The molecule has 1 aliphatic carbocycles. The highest BCUT2D eigenvalue weighted by Crippen LogP contribution is 2.35. The fraction of sp³-hybridized carbons (Fsp3) is 0.375. The van der Waals surface area contributed by atoms with Crippen LogP contribution in [0.1, 0.15) is 35.3 Å². The Kier molecular flexibility index (Phi) is 4.36. The van der Waals surface area contributed by atoms with E-state index in [1.54, 1.807) is 18.6 Å². The zero-order valence-corrected chi connectivity index (χ0v) is 12.5. The summed E-state index contributed by atoms with van der Waals surface area (Å²) in [6.07, 6.45) is 6.56. The maximum Gasteiger partial charge on any atom is 0.311 e. The number of ketones is 1. The van der Waals surface area contributed by atoms with Crippen LogP contribution in [0.25, 0.3) is 0 Å². The van der Waals surface area contributed by atoms with Gasteiger partial charge in [-0.3, -0.25) is 14.9 Å². The van der Waals surface area contributed by atoms with Crippen molar-refractivity contribution in [3.8, 4) is 5.75 Å². The van der Waals surface area contributed by atoms with Crippen LogP contribution in [-0.2, 0) is 6.42 Å². The van der Waals surface area contributed by atoms with E-state index >= 15 is 0 Å². The number of hydrogen-bond acceptors (Lipinski definition) is 5. The molecule has 0 saturated heterocycles. The summed E-state index contributed by atoms with van der Waals surface area (Å²) in [6, 6.07) is 4.45. The van der Waals surface area contributed by atoms with Gasteiger partial charge in [0.05, 0.1) is 17.9 Å². The van der Waals surface area contributed by atoms with Gasteiger partial charge in [0, 0.05) is 29.4 Å². The third-order valence-electron chi connectivity index (χ3n) is 3.79. The second-order valence-corrected chi connectivity index (χ2v) is 5.61. The van der Waals surface area contributed by atoms with Crippen molar-refractivity contribution in [1.29, 1.82) is 0 Å². The first kappa shape index (κ1) is 15.2. The molecule has 1 aliphatic rings. The van der Waals surface area contributed by atoms with Crippen LogP contribution in [0.15, 0.2) is 30.7 Å². The maximum atomic E-state index is 12.0. The van der Waals surface area contributed by atoms with E-state index in [-0.39, 0.29) is 23.1 Å². The number of carbonyl (C=O) groups excluding carboxylic acids is 1. The summed E-state index contributed by atoms with van der Waals surface area (Å²) in [7, 11) is 0.